The van der Waals surface area contributed by atoms with Crippen molar-refractivity contribution in [2.24, 2.45) is 0 Å². The molecule has 0 bridgehead atoms. The number of carbonyl (C=O) groups excluding carboxylic acids is 4. The Morgan fingerprint density at radius 1 is 0.336 bits per heavy atom. The second kappa shape index (κ2) is 56.5. The van der Waals surface area contributed by atoms with Crippen molar-refractivity contribution in [1.82, 2.24) is 21.3 Å². The topological polar surface area (TPSA) is 571 Å². The SMILES string of the molecule is CCCCCCCCCCCCC/C=C/[C@@H](O)[C@H](CO[C@@H]1OC(CO)[C@@H](O[C@@H]2OC(CO[C@@H]3OC(CO)[C@@H](O)[C@H](O)C3NC(C)=O)[C@H](O)[C@H](O[C@H]3OC(CO)[C@H](O)[C@H](O[C@@H]4OC(CO)[C@H](O)[C@H](O[C@H]5OC(CO)[C@H](O)[C@H](O)C5NC(C)=O)C4NC(C)=O)C3O)C2O)[C@H](O)C1O)NC(=O)CCCCCCCCCCCCCCCCCCCCC. The smallest absolute Gasteiger partial charge is 0.220 e. The second-order valence-electron chi connectivity index (χ2n) is 32.8. The Balaban J connectivity index is 1.18. The lowest BCUT2D eigenvalue weighted by atomic mass is 9.93. The molecule has 6 aliphatic rings. The van der Waals surface area contributed by atoms with E-state index in [1.807, 2.05) is 6.08 Å². The van der Waals surface area contributed by atoms with Crippen LogP contribution in [0.15, 0.2) is 12.2 Å². The fraction of sp³-hybridized carbons (Fsp3) is 0.927. The number of hydrogen-bond acceptors (Lipinski definition) is 33. The number of rotatable bonds is 57. The molecule has 21 N–H and O–H groups in total. The molecule has 0 aliphatic carbocycles. The van der Waals surface area contributed by atoms with E-state index in [2.05, 4.69) is 35.1 Å². The third-order valence-electron chi connectivity index (χ3n) is 23.1. The lowest BCUT2D eigenvalue weighted by Crippen LogP contribution is -2.71. The van der Waals surface area contributed by atoms with E-state index in [4.69, 9.17) is 56.8 Å². The summed E-state index contributed by atoms with van der Waals surface area (Å²) in [5, 5.41) is 202. The van der Waals surface area contributed by atoms with E-state index in [9.17, 15) is 106 Å². The highest BCUT2D eigenvalue weighted by Crippen LogP contribution is 2.38. The van der Waals surface area contributed by atoms with Gasteiger partial charge in [0.05, 0.1) is 58.4 Å². The summed E-state index contributed by atoms with van der Waals surface area (Å²) in [5.74, 6) is -2.75. The fourth-order valence-corrected chi connectivity index (χ4v) is 16.1. The number of aliphatic hydroxyl groups is 17. The molecule has 6 rings (SSSR count). The molecule has 6 fully saturated rings. The second-order valence-corrected chi connectivity index (χ2v) is 32.8. The number of nitrogens with one attached hydrogen (secondary N) is 4. The lowest BCUT2D eigenvalue weighted by molar-refractivity contribution is -0.391. The summed E-state index contributed by atoms with van der Waals surface area (Å²) in [6, 6.07) is -6.12. The third kappa shape index (κ3) is 33.3. The van der Waals surface area contributed by atoms with Crippen LogP contribution in [0.5, 0.6) is 0 Å². The largest absolute Gasteiger partial charge is 0.394 e. The molecule has 119 heavy (non-hydrogen) atoms. The van der Waals surface area contributed by atoms with Gasteiger partial charge < -0.3 is 165 Å². The van der Waals surface area contributed by atoms with Crippen molar-refractivity contribution < 1.29 is 163 Å². The molecular formula is C82H148N4O33. The average Bonchev–Trinajstić information content (AvgIpc) is 0.760. The van der Waals surface area contributed by atoms with Gasteiger partial charge >= 0.3 is 0 Å². The summed E-state index contributed by atoms with van der Waals surface area (Å²) in [6.07, 6.45) is -14.6. The van der Waals surface area contributed by atoms with Crippen LogP contribution in [0.1, 0.15) is 240 Å². The van der Waals surface area contributed by atoms with Gasteiger partial charge in [0.25, 0.3) is 0 Å². The fourth-order valence-electron chi connectivity index (χ4n) is 16.1. The van der Waals surface area contributed by atoms with E-state index in [0.29, 0.717) is 12.8 Å². The van der Waals surface area contributed by atoms with E-state index in [1.54, 1.807) is 6.08 Å². The molecule has 32 atom stereocenters. The molecular weight excluding hydrogens is 1570 g/mol. The molecule has 0 aromatic heterocycles. The lowest BCUT2D eigenvalue weighted by Gasteiger charge is -2.50. The molecule has 0 aromatic rings. The van der Waals surface area contributed by atoms with Gasteiger partial charge in [-0.2, -0.15) is 0 Å². The minimum absolute atomic E-state index is 0.146. The summed E-state index contributed by atoms with van der Waals surface area (Å²) >= 11 is 0. The zero-order valence-electron chi connectivity index (χ0n) is 70.3. The molecule has 6 aliphatic heterocycles. The number of ether oxygens (including phenoxy) is 12. The van der Waals surface area contributed by atoms with Gasteiger partial charge in [-0.15, -0.1) is 0 Å². The molecule has 37 heteroatoms. The maximum absolute atomic E-state index is 13.7. The Morgan fingerprint density at radius 2 is 0.672 bits per heavy atom. The summed E-state index contributed by atoms with van der Waals surface area (Å²) < 4.78 is 72.1. The van der Waals surface area contributed by atoms with Gasteiger partial charge in [-0.3, -0.25) is 19.2 Å². The van der Waals surface area contributed by atoms with Gasteiger partial charge in [0.1, 0.15) is 146 Å². The van der Waals surface area contributed by atoms with Gasteiger partial charge in [-0.05, 0) is 19.3 Å². The Labute approximate surface area is 699 Å². The van der Waals surface area contributed by atoms with Crippen LogP contribution < -0.4 is 21.3 Å². The van der Waals surface area contributed by atoms with Crippen LogP contribution in [0.4, 0.5) is 0 Å². The molecule has 4 amide bonds. The van der Waals surface area contributed by atoms with Crippen molar-refractivity contribution >= 4 is 23.6 Å². The molecule has 6 heterocycles. The van der Waals surface area contributed by atoms with Crippen LogP contribution in [-0.2, 0) is 76.0 Å². The highest BCUT2D eigenvalue weighted by atomic mass is 16.8. The first-order valence-electron chi connectivity index (χ1n) is 43.9. The minimum atomic E-state index is -2.36. The maximum atomic E-state index is 13.7. The van der Waals surface area contributed by atoms with Crippen LogP contribution in [-0.4, -0.2) is 353 Å². The van der Waals surface area contributed by atoms with Crippen molar-refractivity contribution in [3.63, 3.8) is 0 Å². The first-order valence-corrected chi connectivity index (χ1v) is 43.9. The van der Waals surface area contributed by atoms with Crippen LogP contribution in [0.2, 0.25) is 0 Å². The standard InChI is InChI=1S/C82H148N4O33/c1-6-8-10-12-14-16-18-20-21-22-23-24-25-27-29-31-33-35-37-39-58(96)86-50(51(95)38-36-34-32-30-28-26-19-17-15-13-11-9-7-2)45-108-80-70(105)69(104)73(56(44-91)114-80)116-82-72(107)76(66(101)57(115-82)46-109-77-59(83-47(3)92)67(102)62(97)52(40-87)110-77)119-81-71(106)75(65(100)55(43-90)113-81)118-79-61(85-49(5)94)74(64(99)54(42-89)112-79)117-78-60(84-48(4)93)68(103)63(98)53(41-88)111-78/h36,38,50-57,59-82,87-91,95,97-107H,6-35,37,39-46H2,1-5H3,(H,83,92)(H,84,93)(H,85,94)(H,86,96)/b38-36+/t50-,51+,52?,53?,54?,55?,56?,57?,59?,60?,61?,62+,63-,64-,65-,66-,67+,68+,69+,70?,71?,72?,73+,74+,75-,76-,77+,78+,79-,80+,81+,82-/m0/s1. The number of unbranched alkanes of at least 4 members (excludes halogenated alkanes) is 29. The first kappa shape index (κ1) is 104. The molecule has 0 spiro atoms. The molecule has 12 unspecified atom stereocenters. The van der Waals surface area contributed by atoms with Crippen LogP contribution in [0.3, 0.4) is 0 Å². The van der Waals surface area contributed by atoms with Crippen LogP contribution >= 0.6 is 0 Å². The number of amides is 4. The van der Waals surface area contributed by atoms with Gasteiger partial charge in [-0.25, -0.2) is 0 Å². The van der Waals surface area contributed by atoms with Crippen molar-refractivity contribution in [2.45, 2.75) is 436 Å². The van der Waals surface area contributed by atoms with E-state index >= 15 is 0 Å². The summed E-state index contributed by atoms with van der Waals surface area (Å²) in [5.41, 5.74) is 0. The van der Waals surface area contributed by atoms with E-state index in [1.165, 1.54) is 135 Å². The predicted octanol–water partition coefficient (Wildman–Crippen LogP) is -0.720. The maximum Gasteiger partial charge on any atom is 0.220 e. The van der Waals surface area contributed by atoms with E-state index < -0.39 is 260 Å². The highest BCUT2D eigenvalue weighted by molar-refractivity contribution is 5.76. The van der Waals surface area contributed by atoms with Crippen molar-refractivity contribution in [3.05, 3.63) is 12.2 Å². The summed E-state index contributed by atoms with van der Waals surface area (Å²) in [4.78, 5) is 51.6. The van der Waals surface area contributed by atoms with Crippen LogP contribution in [0.25, 0.3) is 0 Å². The number of carbonyl (C=O) groups is 4. The predicted molar refractivity (Wildman–Crippen MR) is 424 cm³/mol. The Hall–Kier alpha value is -3.54. The molecule has 0 aromatic carbocycles. The van der Waals surface area contributed by atoms with Crippen molar-refractivity contribution in [1.29, 1.82) is 0 Å². The van der Waals surface area contributed by atoms with Crippen molar-refractivity contribution in [3.8, 4) is 0 Å². The first-order chi connectivity index (χ1) is 57.2. The average molecular weight is 1720 g/mol. The monoisotopic (exact) mass is 1720 g/mol. The Kier molecular flexibility index (Phi) is 49.5. The van der Waals surface area contributed by atoms with Crippen LogP contribution in [0, 0.1) is 0 Å². The van der Waals surface area contributed by atoms with Gasteiger partial charge in [-0.1, -0.05) is 206 Å². The van der Waals surface area contributed by atoms with Gasteiger partial charge in [0.15, 0.2) is 37.7 Å². The Bertz CT molecular complexity index is 2800. The quantitative estimate of drug-likeness (QED) is 0.0264. The number of hydrogen-bond donors (Lipinski definition) is 21. The van der Waals surface area contributed by atoms with E-state index in [-0.39, 0.29) is 12.3 Å². The number of allylic oxidation sites excluding steroid dienone is 1. The highest BCUT2D eigenvalue weighted by Gasteiger charge is 2.58. The Morgan fingerprint density at radius 3 is 1.12 bits per heavy atom. The molecule has 0 radical (unpaired) electrons. The zero-order valence-corrected chi connectivity index (χ0v) is 70.3. The van der Waals surface area contributed by atoms with Gasteiger partial charge in [0.2, 0.25) is 23.6 Å². The van der Waals surface area contributed by atoms with Crippen molar-refractivity contribution in [2.75, 3.05) is 46.2 Å². The molecule has 0 saturated carbocycles. The van der Waals surface area contributed by atoms with E-state index in [0.717, 1.165) is 72.1 Å². The number of aliphatic hydroxyl groups excluding tert-OH is 17. The molecule has 37 nitrogen and oxygen atoms in total. The zero-order chi connectivity index (χ0) is 87.1. The summed E-state index contributed by atoms with van der Waals surface area (Å²) in [6.45, 7) is 1.24. The minimum Gasteiger partial charge on any atom is -0.394 e. The normalized spacial score (nSPS) is 35.6. The van der Waals surface area contributed by atoms with Gasteiger partial charge in [0, 0.05) is 27.2 Å². The molecule has 694 valence electrons. The third-order valence-corrected chi connectivity index (χ3v) is 23.1. The molecule has 6 saturated heterocycles. The summed E-state index contributed by atoms with van der Waals surface area (Å²) in [7, 11) is 0.